The number of aromatic nitrogens is 2. The van der Waals surface area contributed by atoms with Crippen LogP contribution in [0, 0.1) is 0 Å². The molecule has 2 aromatic heterocycles. The van der Waals surface area contributed by atoms with Gasteiger partial charge < -0.3 is 51.9 Å². The Hall–Kier alpha value is -2.80. The van der Waals surface area contributed by atoms with Crippen LogP contribution in [0.25, 0.3) is 0 Å². The first-order valence-electron chi connectivity index (χ1n) is 5.97. The molecule has 2 aromatic rings. The molecule has 0 aromatic carbocycles. The summed E-state index contributed by atoms with van der Waals surface area (Å²) in [7, 11) is 3.28. The number of carboxylic acids is 2. The average Bonchev–Trinajstić information content (AvgIpc) is 2.38. The zero-order chi connectivity index (χ0) is 16.9. The monoisotopic (exact) mass is 440 g/mol. The van der Waals surface area contributed by atoms with E-state index in [0.29, 0.717) is 0 Å². The van der Waals surface area contributed by atoms with Gasteiger partial charge in [-0.05, 0) is 11.5 Å². The van der Waals surface area contributed by atoms with Gasteiger partial charge in [0.2, 0.25) is 0 Å². The number of aryl methyl sites for hydroxylation is 2. The van der Waals surface area contributed by atoms with Crippen molar-refractivity contribution in [2.24, 2.45) is 14.1 Å². The van der Waals surface area contributed by atoms with Crippen LogP contribution in [0.2, 0.25) is 0 Å². The number of hydrogen-bond donors (Lipinski definition) is 0. The average molecular weight is 441 g/mol. The van der Waals surface area contributed by atoms with Crippen LogP contribution in [-0.4, -0.2) is 28.4 Å². The normalized spacial score (nSPS) is 7.78. The summed E-state index contributed by atoms with van der Waals surface area (Å²) >= 11 is 0. The van der Waals surface area contributed by atoms with Crippen molar-refractivity contribution in [3.8, 4) is 11.5 Å². The molecule has 0 aliphatic heterocycles. The predicted octanol–water partition coefficient (Wildman–Crippen LogP) is -7.50. The first kappa shape index (κ1) is 35.3. The van der Waals surface area contributed by atoms with E-state index in [9.17, 15) is 30.0 Å². The quantitative estimate of drug-likeness (QED) is 0.248. The molecule has 0 spiro atoms. The molecule has 2 heterocycles. The summed E-state index contributed by atoms with van der Waals surface area (Å²) in [5.41, 5.74) is -0.605. The Bertz CT molecular complexity index is 666. The summed E-state index contributed by atoms with van der Waals surface area (Å²) in [6.07, 6.45) is 5.33. The minimum atomic E-state index is -1.43. The molecule has 157 valence electrons. The summed E-state index contributed by atoms with van der Waals surface area (Å²) in [5, 5.41) is 42.1. The molecule has 27 heavy (non-hydrogen) atoms. The van der Waals surface area contributed by atoms with Crippen molar-refractivity contribution in [1.82, 2.24) is 0 Å². The van der Waals surface area contributed by atoms with Crippen molar-refractivity contribution in [1.29, 1.82) is 0 Å². The van der Waals surface area contributed by atoms with Crippen molar-refractivity contribution in [3.63, 3.8) is 0 Å². The number of nitrogens with zero attached hydrogens (tertiary/aromatic N) is 2. The minimum Gasteiger partial charge on any atom is -0.868 e. The molecule has 0 aliphatic carbocycles. The van der Waals surface area contributed by atoms with Gasteiger partial charge in [0.1, 0.15) is 14.1 Å². The molecule has 2 rings (SSSR count). The van der Waals surface area contributed by atoms with Crippen LogP contribution in [0.4, 0.5) is 0 Å². The fourth-order valence-electron chi connectivity index (χ4n) is 1.48. The maximum Gasteiger partial charge on any atom is 2.00 e. The molecule has 1 radical (unpaired) electrons. The third kappa shape index (κ3) is 10.7. The van der Waals surface area contributed by atoms with Crippen LogP contribution < -0.4 is 29.6 Å². The molecular weight excluding hydrogens is 420 g/mol. The van der Waals surface area contributed by atoms with E-state index in [1.54, 1.807) is 14.1 Å². The second-order valence-corrected chi connectivity index (χ2v) is 4.35. The van der Waals surface area contributed by atoms with Gasteiger partial charge in [0, 0.05) is 23.3 Å². The van der Waals surface area contributed by atoms with E-state index < -0.39 is 23.4 Å². The van der Waals surface area contributed by atoms with Gasteiger partial charge in [-0.15, -0.1) is 0 Å². The van der Waals surface area contributed by atoms with Crippen LogP contribution in [0.1, 0.15) is 20.7 Å². The Morgan fingerprint density at radius 1 is 0.778 bits per heavy atom. The number of carbonyl (C=O) groups excluding carboxylic acids is 2. The molecule has 0 aliphatic rings. The van der Waals surface area contributed by atoms with Gasteiger partial charge in [0.05, 0.1) is 11.9 Å². The number of carbonyl (C=O) groups is 2. The van der Waals surface area contributed by atoms with Crippen molar-refractivity contribution in [2.45, 2.75) is 0 Å². The minimum absolute atomic E-state index is 0. The summed E-state index contributed by atoms with van der Waals surface area (Å²) in [6, 6.07) is 2.44. The van der Waals surface area contributed by atoms with Crippen LogP contribution in [0.5, 0.6) is 11.5 Å². The summed E-state index contributed by atoms with van der Waals surface area (Å²) < 4.78 is 2.96. The number of carboxylic acid groups (broad SMARTS) is 2. The number of hydrogen-bond acceptors (Lipinski definition) is 6. The second-order valence-electron chi connectivity index (χ2n) is 4.35. The van der Waals surface area contributed by atoms with Crippen LogP contribution in [0.3, 0.4) is 0 Å². The Labute approximate surface area is 164 Å². The molecule has 0 saturated heterocycles. The first-order valence-corrected chi connectivity index (χ1v) is 5.97. The zero-order valence-corrected chi connectivity index (χ0v) is 15.1. The molecular formula is C14H21CuN2O10+. The molecule has 0 unspecified atom stereocenters. The maximum atomic E-state index is 10.8. The van der Waals surface area contributed by atoms with E-state index in [4.69, 9.17) is 0 Å². The van der Waals surface area contributed by atoms with Crippen LogP contribution >= 0.6 is 0 Å². The predicted molar refractivity (Wildman–Crippen MR) is 78.5 cm³/mol. The maximum absolute atomic E-state index is 10.8. The molecule has 0 atom stereocenters. The van der Waals surface area contributed by atoms with Gasteiger partial charge in [-0.25, -0.2) is 9.13 Å². The fourth-order valence-corrected chi connectivity index (χ4v) is 1.48. The zero-order valence-electron chi connectivity index (χ0n) is 14.2. The van der Waals surface area contributed by atoms with E-state index >= 15 is 0 Å². The van der Waals surface area contributed by atoms with Crippen LogP contribution in [-0.2, 0) is 36.6 Å². The van der Waals surface area contributed by atoms with E-state index in [2.05, 4.69) is 0 Å². The molecule has 0 saturated carbocycles. The third-order valence-electron chi connectivity index (χ3n) is 2.57. The Morgan fingerprint density at radius 3 is 1.22 bits per heavy atom. The smallest absolute Gasteiger partial charge is 0.868 e. The summed E-state index contributed by atoms with van der Waals surface area (Å²) in [4.78, 5) is 20.4. The van der Waals surface area contributed by atoms with Crippen molar-refractivity contribution in [3.05, 3.63) is 48.0 Å². The van der Waals surface area contributed by atoms with E-state index in [-0.39, 0.29) is 50.1 Å². The third-order valence-corrected chi connectivity index (χ3v) is 2.57. The van der Waals surface area contributed by atoms with Gasteiger partial charge in [-0.1, -0.05) is 0 Å². The van der Waals surface area contributed by atoms with Crippen molar-refractivity contribution < 1.29 is 78.1 Å². The Morgan fingerprint density at radius 2 is 1.04 bits per heavy atom. The first-order chi connectivity index (χ1) is 10.2. The topological polar surface area (TPSA) is 262 Å². The van der Waals surface area contributed by atoms with Gasteiger partial charge in [0.15, 0.2) is 24.8 Å². The number of rotatable bonds is 2. The van der Waals surface area contributed by atoms with E-state index in [0.717, 1.165) is 0 Å². The van der Waals surface area contributed by atoms with Gasteiger partial charge >= 0.3 is 17.1 Å². The van der Waals surface area contributed by atoms with Crippen molar-refractivity contribution in [2.75, 3.05) is 0 Å². The second kappa shape index (κ2) is 15.5. The van der Waals surface area contributed by atoms with E-state index in [1.165, 1.54) is 46.1 Å². The standard InChI is InChI=1S/2C7H7NO3.Cu.4H2O/c2*1-8-3-2-5(7(10)11)6(9)4-8;;;;;/h2*2-4H,1H3,(H-,9,10,11);;4*1H2/q;;+2;;;;/p-1. The van der Waals surface area contributed by atoms with Gasteiger partial charge in [-0.3, -0.25) is 0 Å². The Balaban J connectivity index is -0.000000101. The largest absolute Gasteiger partial charge is 2.00 e. The molecule has 12 nitrogen and oxygen atoms in total. The van der Waals surface area contributed by atoms with Crippen LogP contribution in [0.15, 0.2) is 36.9 Å². The molecule has 0 bridgehead atoms. The summed E-state index contributed by atoms with van der Waals surface area (Å²) in [5.74, 6) is -3.93. The molecule has 0 fully saturated rings. The number of aromatic carboxylic acids is 2. The molecule has 13 heteroatoms. The van der Waals surface area contributed by atoms with E-state index in [1.807, 2.05) is 0 Å². The van der Waals surface area contributed by atoms with Gasteiger partial charge in [0.25, 0.3) is 0 Å². The SMILES string of the molecule is C[n+]1ccc(C(=O)[O-])c([O-])c1.C[n+]1ccc(C(=O)[O-])c([O-])c1.O.O.O.[Cu+2].[OH3+]. The van der Waals surface area contributed by atoms with Crippen molar-refractivity contribution >= 4 is 11.9 Å². The fraction of sp³-hybridized carbons (Fsp3) is 0.143. The molecule has 0 amide bonds. The Kier molecular flexibility index (Phi) is 20.2. The summed E-state index contributed by atoms with van der Waals surface area (Å²) in [6.45, 7) is 0. The number of pyridine rings is 2. The molecule has 9 N–H and O–H groups in total. The van der Waals surface area contributed by atoms with Gasteiger partial charge in [-0.2, -0.15) is 0 Å².